The Morgan fingerprint density at radius 1 is 1.46 bits per heavy atom. The van der Waals surface area contributed by atoms with E-state index in [-0.39, 0.29) is 18.6 Å². The first-order valence-corrected chi connectivity index (χ1v) is 9.19. The Bertz CT molecular complexity index is 922. The lowest BCUT2D eigenvalue weighted by atomic mass is 9.75. The molecule has 0 amide bonds. The molecule has 3 heterocycles. The van der Waals surface area contributed by atoms with E-state index < -0.39 is 11.4 Å². The molecule has 4 rings (SSSR count). The molecule has 0 bridgehead atoms. The molecule has 0 saturated carbocycles. The Kier molecular flexibility index (Phi) is 4.21. The highest BCUT2D eigenvalue weighted by Crippen LogP contribution is 2.49. The first kappa shape index (κ1) is 17.1. The van der Waals surface area contributed by atoms with Gasteiger partial charge in [0.2, 0.25) is 5.89 Å². The SMILES string of the molecule is [C-]#[N+]c1ccc(F)c([C@]23CO[C@@H](c4nc(C)co4)C[C@H]2CSC(N)=N3)c1. The van der Waals surface area contributed by atoms with Crippen LogP contribution in [-0.4, -0.2) is 22.5 Å². The summed E-state index contributed by atoms with van der Waals surface area (Å²) >= 11 is 1.45. The van der Waals surface area contributed by atoms with Crippen LogP contribution in [0.2, 0.25) is 0 Å². The zero-order chi connectivity index (χ0) is 18.3. The highest BCUT2D eigenvalue weighted by Gasteiger charge is 2.50. The molecule has 134 valence electrons. The number of hydrogen-bond acceptors (Lipinski definition) is 6. The van der Waals surface area contributed by atoms with Crippen molar-refractivity contribution in [3.63, 3.8) is 0 Å². The first-order chi connectivity index (χ1) is 12.5. The fourth-order valence-electron chi connectivity index (χ4n) is 3.58. The number of amidine groups is 1. The molecule has 0 unspecified atom stereocenters. The van der Waals surface area contributed by atoms with E-state index in [2.05, 4.69) is 14.8 Å². The van der Waals surface area contributed by atoms with E-state index in [4.69, 9.17) is 21.5 Å². The van der Waals surface area contributed by atoms with Gasteiger partial charge in [-0.1, -0.05) is 17.8 Å². The highest BCUT2D eigenvalue weighted by atomic mass is 32.2. The van der Waals surface area contributed by atoms with Crippen molar-refractivity contribution >= 4 is 22.6 Å². The molecule has 6 nitrogen and oxygen atoms in total. The van der Waals surface area contributed by atoms with Crippen LogP contribution in [0.3, 0.4) is 0 Å². The average Bonchev–Trinajstić information content (AvgIpc) is 3.08. The first-order valence-electron chi connectivity index (χ1n) is 8.21. The fraction of sp³-hybridized carbons (Fsp3) is 0.389. The molecule has 0 spiro atoms. The molecular formula is C18H17FN4O2S. The lowest BCUT2D eigenvalue weighted by Gasteiger charge is -2.45. The van der Waals surface area contributed by atoms with Crippen LogP contribution in [0.25, 0.3) is 4.85 Å². The van der Waals surface area contributed by atoms with Gasteiger partial charge in [-0.2, -0.15) is 0 Å². The quantitative estimate of drug-likeness (QED) is 0.813. The highest BCUT2D eigenvalue weighted by molar-refractivity contribution is 8.13. The van der Waals surface area contributed by atoms with E-state index >= 15 is 0 Å². The van der Waals surface area contributed by atoms with Crippen LogP contribution in [0.5, 0.6) is 0 Å². The molecule has 2 N–H and O–H groups in total. The smallest absolute Gasteiger partial charge is 0.223 e. The van der Waals surface area contributed by atoms with E-state index in [0.717, 1.165) is 5.69 Å². The van der Waals surface area contributed by atoms with E-state index in [1.54, 1.807) is 12.3 Å². The summed E-state index contributed by atoms with van der Waals surface area (Å²) in [5.41, 5.74) is 6.56. The van der Waals surface area contributed by atoms with Crippen LogP contribution < -0.4 is 5.73 Å². The Balaban J connectivity index is 1.75. The molecule has 1 aromatic heterocycles. The number of oxazole rings is 1. The number of ether oxygens (including phenoxy) is 1. The van der Waals surface area contributed by atoms with Gasteiger partial charge in [0.05, 0.1) is 18.9 Å². The molecule has 3 atom stereocenters. The molecule has 26 heavy (non-hydrogen) atoms. The molecule has 0 radical (unpaired) electrons. The van der Waals surface area contributed by atoms with Gasteiger partial charge < -0.3 is 14.9 Å². The molecule has 2 aliphatic heterocycles. The van der Waals surface area contributed by atoms with Crippen molar-refractivity contribution in [2.75, 3.05) is 12.4 Å². The monoisotopic (exact) mass is 372 g/mol. The fourth-order valence-corrected chi connectivity index (χ4v) is 4.59. The third-order valence-electron chi connectivity index (χ3n) is 4.88. The summed E-state index contributed by atoms with van der Waals surface area (Å²) in [5.74, 6) is 0.802. The molecule has 2 aromatic rings. The van der Waals surface area contributed by atoms with Crippen LogP contribution in [-0.2, 0) is 10.3 Å². The van der Waals surface area contributed by atoms with Crippen molar-refractivity contribution in [1.29, 1.82) is 0 Å². The van der Waals surface area contributed by atoms with Crippen molar-refractivity contribution in [1.82, 2.24) is 4.98 Å². The number of fused-ring (bicyclic) bond motifs is 1. The van der Waals surface area contributed by atoms with Gasteiger partial charge in [-0.3, -0.25) is 0 Å². The largest absolute Gasteiger partial charge is 0.446 e. The van der Waals surface area contributed by atoms with E-state index in [1.165, 1.54) is 23.9 Å². The summed E-state index contributed by atoms with van der Waals surface area (Å²) in [5, 5.41) is 0.405. The number of aryl methyl sites for hydroxylation is 1. The van der Waals surface area contributed by atoms with Crippen molar-refractivity contribution < 1.29 is 13.5 Å². The molecule has 1 aromatic carbocycles. The lowest BCUT2D eigenvalue weighted by Crippen LogP contribution is -2.48. The zero-order valence-electron chi connectivity index (χ0n) is 14.1. The van der Waals surface area contributed by atoms with Gasteiger partial charge in [0.1, 0.15) is 23.7 Å². The zero-order valence-corrected chi connectivity index (χ0v) is 14.9. The second-order valence-corrected chi connectivity index (χ2v) is 7.56. The van der Waals surface area contributed by atoms with Gasteiger partial charge in [-0.15, -0.1) is 0 Å². The van der Waals surface area contributed by atoms with Gasteiger partial charge >= 0.3 is 0 Å². The van der Waals surface area contributed by atoms with Crippen molar-refractivity contribution in [2.24, 2.45) is 16.6 Å². The third-order valence-corrected chi connectivity index (χ3v) is 5.83. The van der Waals surface area contributed by atoms with Crippen LogP contribution in [0.4, 0.5) is 10.1 Å². The number of halogens is 1. The number of nitrogens with two attached hydrogens (primary N) is 1. The van der Waals surface area contributed by atoms with Gasteiger partial charge in [0.15, 0.2) is 10.9 Å². The van der Waals surface area contributed by atoms with Gasteiger partial charge in [-0.05, 0) is 25.5 Å². The summed E-state index contributed by atoms with van der Waals surface area (Å²) in [6, 6.07) is 4.33. The number of hydrogen-bond donors (Lipinski definition) is 1. The number of thioether (sulfide) groups is 1. The minimum atomic E-state index is -0.932. The molecular weight excluding hydrogens is 355 g/mol. The second kappa shape index (κ2) is 6.41. The summed E-state index contributed by atoms with van der Waals surface area (Å²) in [6.45, 7) is 9.24. The van der Waals surface area contributed by atoms with E-state index in [0.29, 0.717) is 34.5 Å². The molecule has 8 heteroatoms. The summed E-state index contributed by atoms with van der Waals surface area (Å²) < 4.78 is 26.2. The molecule has 2 aliphatic rings. The number of nitrogens with zero attached hydrogens (tertiary/aromatic N) is 3. The van der Waals surface area contributed by atoms with Crippen LogP contribution in [0.1, 0.15) is 29.7 Å². The second-order valence-electron chi connectivity index (χ2n) is 6.52. The number of aromatic nitrogens is 1. The Hall–Kier alpha value is -2.37. The summed E-state index contributed by atoms with van der Waals surface area (Å²) in [7, 11) is 0. The maximum Gasteiger partial charge on any atom is 0.223 e. The predicted molar refractivity (Wildman–Crippen MR) is 96.5 cm³/mol. The molecule has 1 fully saturated rings. The maximum atomic E-state index is 14.7. The lowest BCUT2D eigenvalue weighted by molar-refractivity contribution is -0.0697. The average molecular weight is 372 g/mol. The summed E-state index contributed by atoms with van der Waals surface area (Å²) in [6.07, 6.45) is 1.88. The molecule has 1 saturated heterocycles. The molecule has 0 aliphatic carbocycles. The van der Waals surface area contributed by atoms with Crippen molar-refractivity contribution in [3.8, 4) is 0 Å². The Morgan fingerprint density at radius 2 is 2.31 bits per heavy atom. The van der Waals surface area contributed by atoms with Crippen molar-refractivity contribution in [2.45, 2.75) is 25.0 Å². The van der Waals surface area contributed by atoms with Crippen LogP contribution in [0, 0.1) is 25.2 Å². The third kappa shape index (κ3) is 2.77. The Morgan fingerprint density at radius 3 is 3.04 bits per heavy atom. The minimum absolute atomic E-state index is 0.0127. The van der Waals surface area contributed by atoms with Gasteiger partial charge in [0, 0.05) is 17.2 Å². The van der Waals surface area contributed by atoms with Crippen LogP contribution in [0.15, 0.2) is 33.9 Å². The minimum Gasteiger partial charge on any atom is -0.446 e. The maximum absolute atomic E-state index is 14.7. The van der Waals surface area contributed by atoms with E-state index in [9.17, 15) is 4.39 Å². The van der Waals surface area contributed by atoms with Crippen LogP contribution >= 0.6 is 11.8 Å². The summed E-state index contributed by atoms with van der Waals surface area (Å²) in [4.78, 5) is 12.4. The van der Waals surface area contributed by atoms with E-state index in [1.807, 2.05) is 6.92 Å². The topological polar surface area (TPSA) is 78.0 Å². The number of benzene rings is 1. The van der Waals surface area contributed by atoms with Crippen molar-refractivity contribution in [3.05, 3.63) is 58.8 Å². The number of rotatable bonds is 2. The Labute approximate surface area is 154 Å². The predicted octanol–water partition coefficient (Wildman–Crippen LogP) is 3.71. The number of aliphatic imine (C=N–C) groups is 1. The van der Waals surface area contributed by atoms with Gasteiger partial charge in [-0.25, -0.2) is 19.2 Å². The normalized spacial score (nSPS) is 28.1. The standard InChI is InChI=1S/C18H17FN4O2S/c1-10-7-24-16(22-10)15-5-11-8-26-17(20)23-18(11,9-25-15)13-6-12(21-2)3-4-14(13)19/h3-4,6-7,11,15H,5,8-9H2,1H3,(H2,20,23)/t11-,15+,18-/m0/s1. The van der Waals surface area contributed by atoms with Gasteiger partial charge in [0.25, 0.3) is 0 Å².